The molecule has 4 rings (SSSR count). The van der Waals surface area contributed by atoms with E-state index in [1.807, 2.05) is 36.9 Å². The number of anilines is 1. The molecular formula is C25H27FN2O3. The number of imide groups is 1. The van der Waals surface area contributed by atoms with Gasteiger partial charge in [-0.05, 0) is 62.4 Å². The molecule has 6 heteroatoms. The van der Waals surface area contributed by atoms with Crippen molar-refractivity contribution in [2.45, 2.75) is 39.2 Å². The number of halogens is 1. The maximum Gasteiger partial charge on any atom is 0.278 e. The van der Waals surface area contributed by atoms with Crippen molar-refractivity contribution in [1.29, 1.82) is 0 Å². The molecule has 0 N–H and O–H groups in total. The van der Waals surface area contributed by atoms with Crippen LogP contribution in [-0.2, 0) is 20.7 Å². The summed E-state index contributed by atoms with van der Waals surface area (Å²) < 4.78 is 19.1. The SMILES string of the molecule is CC(C)OCCCN1C(=O)C(c2ccc(F)cc2)=C(N2CCCc3ccccc32)C1=O. The molecule has 0 bridgehead atoms. The summed E-state index contributed by atoms with van der Waals surface area (Å²) in [5.41, 5.74) is 3.39. The van der Waals surface area contributed by atoms with Crippen molar-refractivity contribution < 1.29 is 18.7 Å². The van der Waals surface area contributed by atoms with Crippen molar-refractivity contribution in [3.05, 3.63) is 71.2 Å². The van der Waals surface area contributed by atoms with Crippen LogP contribution in [0, 0.1) is 5.82 Å². The van der Waals surface area contributed by atoms with Gasteiger partial charge in [0.1, 0.15) is 11.5 Å². The summed E-state index contributed by atoms with van der Waals surface area (Å²) >= 11 is 0. The Morgan fingerprint density at radius 2 is 1.77 bits per heavy atom. The number of nitrogens with zero attached hydrogens (tertiary/aromatic N) is 2. The third-order valence-corrected chi connectivity index (χ3v) is 5.63. The summed E-state index contributed by atoms with van der Waals surface area (Å²) in [6.45, 7) is 5.31. The fourth-order valence-corrected chi connectivity index (χ4v) is 4.20. The topological polar surface area (TPSA) is 49.9 Å². The van der Waals surface area contributed by atoms with E-state index in [9.17, 15) is 14.0 Å². The smallest absolute Gasteiger partial charge is 0.278 e. The van der Waals surface area contributed by atoms with Gasteiger partial charge in [0.25, 0.3) is 11.8 Å². The highest BCUT2D eigenvalue weighted by Gasteiger charge is 2.42. The van der Waals surface area contributed by atoms with Crippen LogP contribution < -0.4 is 4.90 Å². The first kappa shape index (κ1) is 21.2. The molecule has 2 heterocycles. The minimum atomic E-state index is -0.381. The van der Waals surface area contributed by atoms with Gasteiger partial charge in [-0.2, -0.15) is 0 Å². The Morgan fingerprint density at radius 3 is 2.52 bits per heavy atom. The highest BCUT2D eigenvalue weighted by Crippen LogP contribution is 2.37. The fraction of sp³-hybridized carbons (Fsp3) is 0.360. The van der Waals surface area contributed by atoms with Crippen LogP contribution in [0.2, 0.25) is 0 Å². The first-order chi connectivity index (χ1) is 15.0. The van der Waals surface area contributed by atoms with Gasteiger partial charge in [-0.25, -0.2) is 4.39 Å². The van der Waals surface area contributed by atoms with Crippen molar-refractivity contribution in [2.24, 2.45) is 0 Å². The lowest BCUT2D eigenvalue weighted by molar-refractivity contribution is -0.137. The second-order valence-corrected chi connectivity index (χ2v) is 8.15. The van der Waals surface area contributed by atoms with Gasteiger partial charge >= 0.3 is 0 Å². The molecule has 2 amide bonds. The second-order valence-electron chi connectivity index (χ2n) is 8.15. The minimum absolute atomic E-state index is 0.0956. The van der Waals surface area contributed by atoms with Crippen LogP contribution in [0.1, 0.15) is 37.8 Å². The molecule has 5 nitrogen and oxygen atoms in total. The second kappa shape index (κ2) is 9.02. The van der Waals surface area contributed by atoms with Crippen molar-refractivity contribution >= 4 is 23.1 Å². The number of carbonyl (C=O) groups excluding carboxylic acids is 2. The molecule has 0 saturated carbocycles. The maximum atomic E-state index is 13.5. The molecule has 2 aromatic rings. The molecule has 0 aliphatic carbocycles. The standard InChI is InChI=1S/C25H27FN2O3/c1-17(2)31-16-6-15-28-24(29)22(19-10-12-20(26)13-11-19)23(25(28)30)27-14-5-8-18-7-3-4-9-21(18)27/h3-4,7,9-13,17H,5-6,8,14-16H2,1-2H3. The number of aryl methyl sites for hydroxylation is 1. The lowest BCUT2D eigenvalue weighted by Gasteiger charge is -2.32. The number of carbonyl (C=O) groups is 2. The highest BCUT2D eigenvalue weighted by atomic mass is 19.1. The van der Waals surface area contributed by atoms with Gasteiger partial charge in [0.2, 0.25) is 0 Å². The van der Waals surface area contributed by atoms with E-state index in [2.05, 4.69) is 6.07 Å². The Balaban J connectivity index is 1.72. The summed E-state index contributed by atoms with van der Waals surface area (Å²) in [6, 6.07) is 13.7. The van der Waals surface area contributed by atoms with Gasteiger partial charge in [-0.1, -0.05) is 30.3 Å². The van der Waals surface area contributed by atoms with Gasteiger partial charge in [0.05, 0.1) is 11.7 Å². The largest absolute Gasteiger partial charge is 0.379 e. The van der Waals surface area contributed by atoms with E-state index in [-0.39, 0.29) is 30.3 Å². The third-order valence-electron chi connectivity index (χ3n) is 5.63. The van der Waals surface area contributed by atoms with E-state index in [1.54, 1.807) is 12.1 Å². The van der Waals surface area contributed by atoms with E-state index in [0.29, 0.717) is 36.4 Å². The summed E-state index contributed by atoms with van der Waals surface area (Å²) in [6.07, 6.45) is 2.49. The van der Waals surface area contributed by atoms with Crippen molar-refractivity contribution in [1.82, 2.24) is 4.90 Å². The van der Waals surface area contributed by atoms with E-state index in [1.165, 1.54) is 17.0 Å². The number of fused-ring (bicyclic) bond motifs is 1. The molecule has 162 valence electrons. The summed E-state index contributed by atoms with van der Waals surface area (Å²) in [4.78, 5) is 30.1. The monoisotopic (exact) mass is 422 g/mol. The maximum absolute atomic E-state index is 13.5. The van der Waals surface area contributed by atoms with Crippen LogP contribution in [0.25, 0.3) is 5.57 Å². The lowest BCUT2D eigenvalue weighted by atomic mass is 9.98. The zero-order chi connectivity index (χ0) is 22.0. The molecule has 0 atom stereocenters. The van der Waals surface area contributed by atoms with Crippen LogP contribution in [-0.4, -0.2) is 42.5 Å². The lowest BCUT2D eigenvalue weighted by Crippen LogP contribution is -2.38. The number of rotatable bonds is 7. The molecule has 0 fully saturated rings. The molecule has 0 aromatic heterocycles. The van der Waals surface area contributed by atoms with Gasteiger partial charge in [0, 0.05) is 25.4 Å². The fourth-order valence-electron chi connectivity index (χ4n) is 4.20. The summed E-state index contributed by atoms with van der Waals surface area (Å²) in [7, 11) is 0. The molecular weight excluding hydrogens is 395 g/mol. The number of ether oxygens (including phenoxy) is 1. The average molecular weight is 423 g/mol. The van der Waals surface area contributed by atoms with E-state index in [4.69, 9.17) is 4.74 Å². The summed E-state index contributed by atoms with van der Waals surface area (Å²) in [5, 5.41) is 0. The number of benzene rings is 2. The molecule has 2 aromatic carbocycles. The predicted molar refractivity (Wildman–Crippen MR) is 118 cm³/mol. The molecule has 0 saturated heterocycles. The van der Waals surface area contributed by atoms with Crippen molar-refractivity contribution in [3.8, 4) is 0 Å². The normalized spacial score (nSPS) is 16.5. The van der Waals surface area contributed by atoms with Gasteiger partial charge in [-0.3, -0.25) is 14.5 Å². The molecule has 0 unspecified atom stereocenters. The van der Waals surface area contributed by atoms with Crippen LogP contribution in [0.4, 0.5) is 10.1 Å². The Bertz CT molecular complexity index is 1010. The van der Waals surface area contributed by atoms with Crippen LogP contribution in [0.3, 0.4) is 0 Å². The van der Waals surface area contributed by atoms with Crippen molar-refractivity contribution in [3.63, 3.8) is 0 Å². The number of hydrogen-bond acceptors (Lipinski definition) is 4. The quantitative estimate of drug-likeness (QED) is 0.496. The molecule has 2 aliphatic heterocycles. The first-order valence-corrected chi connectivity index (χ1v) is 10.8. The molecule has 2 aliphatic rings. The minimum Gasteiger partial charge on any atom is -0.379 e. The van der Waals surface area contributed by atoms with Gasteiger partial charge in [-0.15, -0.1) is 0 Å². The average Bonchev–Trinajstić information content (AvgIpc) is 3.01. The van der Waals surface area contributed by atoms with E-state index >= 15 is 0 Å². The Hall–Kier alpha value is -2.99. The Labute approximate surface area is 182 Å². The summed E-state index contributed by atoms with van der Waals surface area (Å²) in [5.74, 6) is -1.02. The van der Waals surface area contributed by atoms with Crippen molar-refractivity contribution in [2.75, 3.05) is 24.6 Å². The zero-order valence-corrected chi connectivity index (χ0v) is 17.9. The van der Waals surface area contributed by atoms with E-state index < -0.39 is 0 Å². The Morgan fingerprint density at radius 1 is 1.03 bits per heavy atom. The predicted octanol–water partition coefficient (Wildman–Crippen LogP) is 4.17. The van der Waals surface area contributed by atoms with E-state index in [0.717, 1.165) is 24.1 Å². The van der Waals surface area contributed by atoms with Crippen LogP contribution >= 0.6 is 0 Å². The zero-order valence-electron chi connectivity index (χ0n) is 17.9. The Kier molecular flexibility index (Phi) is 6.18. The number of amides is 2. The molecule has 0 radical (unpaired) electrons. The van der Waals surface area contributed by atoms with Gasteiger partial charge < -0.3 is 9.64 Å². The molecule has 0 spiro atoms. The third kappa shape index (κ3) is 4.26. The highest BCUT2D eigenvalue weighted by molar-refractivity contribution is 6.36. The number of para-hydroxylation sites is 1. The first-order valence-electron chi connectivity index (χ1n) is 10.8. The van der Waals surface area contributed by atoms with Gasteiger partial charge in [0.15, 0.2) is 0 Å². The number of hydrogen-bond donors (Lipinski definition) is 0. The van der Waals surface area contributed by atoms with Crippen LogP contribution in [0.5, 0.6) is 0 Å². The molecule has 31 heavy (non-hydrogen) atoms. The van der Waals surface area contributed by atoms with Crippen LogP contribution in [0.15, 0.2) is 54.2 Å².